The highest BCUT2D eigenvalue weighted by Crippen LogP contribution is 2.26. The lowest BCUT2D eigenvalue weighted by molar-refractivity contribution is -0.0888. The van der Waals surface area contributed by atoms with Crippen LogP contribution in [0.2, 0.25) is 10.0 Å². The Balaban J connectivity index is 3.15. The van der Waals surface area contributed by atoms with Crippen molar-refractivity contribution in [3.63, 3.8) is 0 Å². The number of rotatable bonds is 1. The number of nitrogens with zero attached hydrogens (tertiary/aromatic N) is 1. The molecule has 2 nitrogen and oxygen atoms in total. The summed E-state index contributed by atoms with van der Waals surface area (Å²) in [7, 11) is 0. The van der Waals surface area contributed by atoms with Crippen LogP contribution < -0.4 is 0 Å². The molecule has 0 amide bonds. The minimum atomic E-state index is -4.98. The molecule has 1 aromatic rings. The van der Waals surface area contributed by atoms with Crippen LogP contribution in [0, 0.1) is 0 Å². The number of halogens is 5. The van der Waals surface area contributed by atoms with Gasteiger partial charge in [-0.15, -0.1) is 0 Å². The van der Waals surface area contributed by atoms with Crippen LogP contribution in [0.5, 0.6) is 0 Å². The number of pyridine rings is 1. The van der Waals surface area contributed by atoms with Crippen LogP contribution in [-0.4, -0.2) is 16.9 Å². The summed E-state index contributed by atoms with van der Waals surface area (Å²) in [5.74, 6) is -2.08. The highest BCUT2D eigenvalue weighted by Gasteiger charge is 2.41. The predicted molar refractivity (Wildman–Crippen MR) is 44.6 cm³/mol. The summed E-state index contributed by atoms with van der Waals surface area (Å²) in [6, 6.07) is 1.02. The molecule has 0 saturated carbocycles. The maximum atomic E-state index is 11.9. The van der Waals surface area contributed by atoms with E-state index in [9.17, 15) is 18.0 Å². The molecule has 0 fully saturated rings. The molecule has 0 spiro atoms. The van der Waals surface area contributed by atoms with Gasteiger partial charge in [0.25, 0.3) is 5.78 Å². The minimum Gasteiger partial charge on any atom is -0.282 e. The minimum absolute atomic E-state index is 0.0636. The first-order valence-corrected chi connectivity index (χ1v) is 4.00. The third-order valence-corrected chi connectivity index (χ3v) is 1.78. The Morgan fingerprint density at radius 1 is 1.36 bits per heavy atom. The maximum absolute atomic E-state index is 11.9. The average Bonchev–Trinajstić information content (AvgIpc) is 2.01. The average molecular weight is 244 g/mol. The fourth-order valence-electron chi connectivity index (χ4n) is 0.716. The molecule has 14 heavy (non-hydrogen) atoms. The van der Waals surface area contributed by atoms with Crippen molar-refractivity contribution in [1.82, 2.24) is 4.98 Å². The van der Waals surface area contributed by atoms with Crippen molar-refractivity contribution in [1.29, 1.82) is 0 Å². The van der Waals surface area contributed by atoms with Crippen molar-refractivity contribution < 1.29 is 18.0 Å². The molecule has 0 bridgehead atoms. The van der Waals surface area contributed by atoms with Crippen molar-refractivity contribution >= 4 is 29.0 Å². The molecule has 0 aliphatic rings. The molecule has 76 valence electrons. The van der Waals surface area contributed by atoms with E-state index < -0.39 is 22.7 Å². The lowest BCUT2D eigenvalue weighted by Crippen LogP contribution is -2.24. The molecule has 0 aliphatic heterocycles. The van der Waals surface area contributed by atoms with Gasteiger partial charge in [-0.2, -0.15) is 13.2 Å². The predicted octanol–water partition coefficient (Wildman–Crippen LogP) is 3.13. The summed E-state index contributed by atoms with van der Waals surface area (Å²) in [6.07, 6.45) is -4.06. The zero-order chi connectivity index (χ0) is 10.9. The number of hydrogen-bond acceptors (Lipinski definition) is 2. The van der Waals surface area contributed by atoms with Gasteiger partial charge >= 0.3 is 6.18 Å². The van der Waals surface area contributed by atoms with E-state index in [0.717, 1.165) is 12.3 Å². The Bertz CT molecular complexity index is 378. The maximum Gasteiger partial charge on any atom is 0.456 e. The molecule has 1 aromatic heterocycles. The van der Waals surface area contributed by atoms with E-state index in [1.54, 1.807) is 0 Å². The van der Waals surface area contributed by atoms with Gasteiger partial charge in [0.1, 0.15) is 5.69 Å². The zero-order valence-electron chi connectivity index (χ0n) is 6.40. The Morgan fingerprint density at radius 3 is 2.36 bits per heavy atom. The Kier molecular flexibility index (Phi) is 3.01. The molecule has 0 aromatic carbocycles. The van der Waals surface area contributed by atoms with Gasteiger partial charge in [0.2, 0.25) is 0 Å². The van der Waals surface area contributed by atoms with Crippen LogP contribution in [0.15, 0.2) is 12.3 Å². The number of carbonyl (C=O) groups excluding carboxylic acids is 1. The molecule has 7 heteroatoms. The van der Waals surface area contributed by atoms with Crippen LogP contribution >= 0.6 is 23.2 Å². The number of alkyl halides is 3. The second-order valence-electron chi connectivity index (χ2n) is 2.31. The monoisotopic (exact) mass is 243 g/mol. The molecule has 0 saturated heterocycles. The summed E-state index contributed by atoms with van der Waals surface area (Å²) in [5.41, 5.74) is -0.844. The second kappa shape index (κ2) is 3.74. The zero-order valence-corrected chi connectivity index (χ0v) is 7.91. The van der Waals surface area contributed by atoms with E-state index in [1.165, 1.54) is 0 Å². The third-order valence-electron chi connectivity index (χ3n) is 1.28. The van der Waals surface area contributed by atoms with E-state index >= 15 is 0 Å². The fraction of sp³-hybridized carbons (Fsp3) is 0.143. The third kappa shape index (κ3) is 2.36. The van der Waals surface area contributed by atoms with Gasteiger partial charge < -0.3 is 0 Å². The Labute approximate surface area is 86.6 Å². The van der Waals surface area contributed by atoms with E-state index in [4.69, 9.17) is 23.2 Å². The van der Waals surface area contributed by atoms with E-state index in [0.29, 0.717) is 0 Å². The van der Waals surface area contributed by atoms with Gasteiger partial charge in [-0.3, -0.25) is 4.79 Å². The quantitative estimate of drug-likeness (QED) is 0.710. The molecule has 0 N–H and O–H groups in total. The van der Waals surface area contributed by atoms with Crippen molar-refractivity contribution in [3.05, 3.63) is 28.0 Å². The van der Waals surface area contributed by atoms with Gasteiger partial charge in [-0.25, -0.2) is 4.98 Å². The molecule has 1 heterocycles. The van der Waals surface area contributed by atoms with Crippen molar-refractivity contribution in [2.24, 2.45) is 0 Å². The summed E-state index contributed by atoms with van der Waals surface area (Å²) in [6.45, 7) is 0. The van der Waals surface area contributed by atoms with Crippen molar-refractivity contribution in [2.75, 3.05) is 0 Å². The van der Waals surface area contributed by atoms with Crippen LogP contribution in [0.1, 0.15) is 10.5 Å². The van der Waals surface area contributed by atoms with Crippen LogP contribution in [0.3, 0.4) is 0 Å². The molecule has 1 rings (SSSR count). The molecular weight excluding hydrogens is 242 g/mol. The largest absolute Gasteiger partial charge is 0.456 e. The molecular formula is C7H2Cl2F3NO. The highest BCUT2D eigenvalue weighted by molar-refractivity contribution is 6.36. The molecule has 0 aliphatic carbocycles. The number of ketones is 1. The van der Waals surface area contributed by atoms with Crippen LogP contribution in [-0.2, 0) is 0 Å². The van der Waals surface area contributed by atoms with Gasteiger partial charge in [-0.1, -0.05) is 23.2 Å². The van der Waals surface area contributed by atoms with Crippen LogP contribution in [0.25, 0.3) is 0 Å². The fourth-order valence-corrected chi connectivity index (χ4v) is 1.18. The normalized spacial score (nSPS) is 11.5. The number of hydrogen-bond donors (Lipinski definition) is 0. The Morgan fingerprint density at radius 2 is 1.93 bits per heavy atom. The summed E-state index contributed by atoms with van der Waals surface area (Å²) in [5, 5.41) is -0.353. The smallest absolute Gasteiger partial charge is 0.282 e. The number of aromatic nitrogens is 1. The van der Waals surface area contributed by atoms with Crippen LogP contribution in [0.4, 0.5) is 13.2 Å². The lowest BCUT2D eigenvalue weighted by atomic mass is 10.2. The first-order valence-electron chi connectivity index (χ1n) is 3.25. The van der Waals surface area contributed by atoms with E-state index in [-0.39, 0.29) is 5.02 Å². The molecule has 0 atom stereocenters. The summed E-state index contributed by atoms with van der Waals surface area (Å²) >= 11 is 10.8. The summed E-state index contributed by atoms with van der Waals surface area (Å²) < 4.78 is 35.8. The molecule has 0 unspecified atom stereocenters. The van der Waals surface area contributed by atoms with Gasteiger partial charge in [-0.05, 0) is 6.07 Å². The number of Topliss-reactive ketones (excluding diaryl/α,β-unsaturated/α-hetero) is 1. The summed E-state index contributed by atoms with van der Waals surface area (Å²) in [4.78, 5) is 13.9. The van der Waals surface area contributed by atoms with Gasteiger partial charge in [0.05, 0.1) is 10.0 Å². The standard InChI is InChI=1S/C7H2Cl2F3NO/c8-3-1-4(9)5(13-2-3)6(14)7(10,11)12/h1-2H. The van der Waals surface area contributed by atoms with Crippen molar-refractivity contribution in [3.8, 4) is 0 Å². The van der Waals surface area contributed by atoms with Gasteiger partial charge in [0.15, 0.2) is 0 Å². The Hall–Kier alpha value is -0.810. The lowest BCUT2D eigenvalue weighted by Gasteiger charge is -2.05. The topological polar surface area (TPSA) is 30.0 Å². The first kappa shape index (κ1) is 11.3. The number of carbonyl (C=O) groups is 1. The van der Waals surface area contributed by atoms with E-state index in [2.05, 4.69) is 4.98 Å². The highest BCUT2D eigenvalue weighted by atomic mass is 35.5. The molecule has 0 radical (unpaired) electrons. The van der Waals surface area contributed by atoms with Gasteiger partial charge in [0, 0.05) is 6.20 Å². The van der Waals surface area contributed by atoms with E-state index in [1.807, 2.05) is 0 Å². The second-order valence-corrected chi connectivity index (χ2v) is 3.15. The first-order chi connectivity index (χ1) is 6.32. The SMILES string of the molecule is O=C(c1ncc(Cl)cc1Cl)C(F)(F)F. The van der Waals surface area contributed by atoms with Crippen molar-refractivity contribution in [2.45, 2.75) is 6.18 Å².